The summed E-state index contributed by atoms with van der Waals surface area (Å²) < 4.78 is 5.36. The summed E-state index contributed by atoms with van der Waals surface area (Å²) in [5.74, 6) is 0.945. The van der Waals surface area contributed by atoms with Crippen molar-refractivity contribution in [3.8, 4) is 5.75 Å². The summed E-state index contributed by atoms with van der Waals surface area (Å²) in [7, 11) is 1.72. The van der Waals surface area contributed by atoms with Gasteiger partial charge in [-0.3, -0.25) is 4.90 Å². The fourth-order valence-corrected chi connectivity index (χ4v) is 3.29. The van der Waals surface area contributed by atoms with Gasteiger partial charge in [0, 0.05) is 11.6 Å². The Hall–Kier alpha value is -1.06. The second kappa shape index (κ2) is 5.74. The van der Waals surface area contributed by atoms with Gasteiger partial charge in [-0.15, -0.1) is 0 Å². The molecule has 1 fully saturated rings. The first-order valence-corrected chi connectivity index (χ1v) is 7.51. The minimum Gasteiger partial charge on any atom is -0.496 e. The van der Waals surface area contributed by atoms with Crippen LogP contribution in [0.3, 0.4) is 0 Å². The molecular weight excluding hydrogens is 248 g/mol. The second-order valence-electron chi connectivity index (χ2n) is 6.84. The molecule has 0 aromatic heterocycles. The molecule has 0 spiro atoms. The lowest BCUT2D eigenvalue weighted by Crippen LogP contribution is -2.53. The standard InChI is InChI=1S/C17H28N2O/c1-12-11-13(8-9-15(12)20-5)16-14(18)7-6-10-19(16)17(2,3)4/h8-9,11,14,16H,6-7,10,18H2,1-5H3. The van der Waals surface area contributed by atoms with Gasteiger partial charge in [-0.25, -0.2) is 0 Å². The van der Waals surface area contributed by atoms with Crippen molar-refractivity contribution in [2.45, 2.75) is 58.2 Å². The monoisotopic (exact) mass is 276 g/mol. The number of piperidine rings is 1. The lowest BCUT2D eigenvalue weighted by molar-refractivity contribution is 0.0384. The Morgan fingerprint density at radius 2 is 2.00 bits per heavy atom. The van der Waals surface area contributed by atoms with Gasteiger partial charge in [-0.2, -0.15) is 0 Å². The fraction of sp³-hybridized carbons (Fsp3) is 0.647. The van der Waals surface area contributed by atoms with Crippen molar-refractivity contribution in [3.63, 3.8) is 0 Å². The van der Waals surface area contributed by atoms with E-state index in [0.29, 0.717) is 6.04 Å². The van der Waals surface area contributed by atoms with Crippen molar-refractivity contribution in [3.05, 3.63) is 29.3 Å². The van der Waals surface area contributed by atoms with Crippen molar-refractivity contribution >= 4 is 0 Å². The summed E-state index contributed by atoms with van der Waals surface area (Å²) in [5, 5.41) is 0. The predicted molar refractivity (Wildman–Crippen MR) is 84.1 cm³/mol. The summed E-state index contributed by atoms with van der Waals surface area (Å²) >= 11 is 0. The van der Waals surface area contributed by atoms with Crippen molar-refractivity contribution in [1.29, 1.82) is 0 Å². The molecule has 1 aliphatic rings. The molecule has 2 atom stereocenters. The van der Waals surface area contributed by atoms with Gasteiger partial charge < -0.3 is 10.5 Å². The zero-order valence-electron chi connectivity index (χ0n) is 13.4. The Morgan fingerprint density at radius 1 is 1.30 bits per heavy atom. The summed E-state index contributed by atoms with van der Waals surface area (Å²) in [6, 6.07) is 6.96. The Labute approximate surface area is 123 Å². The van der Waals surface area contributed by atoms with Crippen LogP contribution in [0, 0.1) is 6.92 Å². The largest absolute Gasteiger partial charge is 0.496 e. The number of benzene rings is 1. The zero-order valence-corrected chi connectivity index (χ0v) is 13.4. The van der Waals surface area contributed by atoms with Crippen LogP contribution in [-0.4, -0.2) is 30.1 Å². The number of nitrogens with two attached hydrogens (primary N) is 1. The minimum absolute atomic E-state index is 0.135. The number of likely N-dealkylation sites (tertiary alicyclic amines) is 1. The van der Waals surface area contributed by atoms with Gasteiger partial charge in [-0.1, -0.05) is 12.1 Å². The topological polar surface area (TPSA) is 38.5 Å². The summed E-state index contributed by atoms with van der Waals surface area (Å²) in [4.78, 5) is 2.54. The van der Waals surface area contributed by atoms with Gasteiger partial charge in [0.1, 0.15) is 5.75 Å². The molecule has 0 radical (unpaired) electrons. The van der Waals surface area contributed by atoms with E-state index in [-0.39, 0.29) is 11.6 Å². The smallest absolute Gasteiger partial charge is 0.121 e. The van der Waals surface area contributed by atoms with E-state index < -0.39 is 0 Å². The van der Waals surface area contributed by atoms with Crippen LogP contribution in [0.1, 0.15) is 50.8 Å². The van der Waals surface area contributed by atoms with E-state index in [1.165, 1.54) is 17.5 Å². The van der Waals surface area contributed by atoms with Gasteiger partial charge in [0.25, 0.3) is 0 Å². The molecule has 20 heavy (non-hydrogen) atoms. The first kappa shape index (κ1) is 15.3. The highest BCUT2D eigenvalue weighted by molar-refractivity contribution is 5.38. The molecule has 0 aliphatic carbocycles. The fourth-order valence-electron chi connectivity index (χ4n) is 3.29. The maximum atomic E-state index is 6.45. The highest BCUT2D eigenvalue weighted by Gasteiger charge is 2.36. The number of aryl methyl sites for hydroxylation is 1. The Balaban J connectivity index is 2.38. The van der Waals surface area contributed by atoms with Crippen LogP contribution in [0.5, 0.6) is 5.75 Å². The van der Waals surface area contributed by atoms with E-state index in [9.17, 15) is 0 Å². The van der Waals surface area contributed by atoms with E-state index in [0.717, 1.165) is 18.7 Å². The van der Waals surface area contributed by atoms with Crippen LogP contribution in [0.2, 0.25) is 0 Å². The number of hydrogen-bond acceptors (Lipinski definition) is 3. The molecule has 3 nitrogen and oxygen atoms in total. The van der Waals surface area contributed by atoms with E-state index in [2.05, 4.69) is 50.8 Å². The minimum atomic E-state index is 0.135. The molecule has 3 heteroatoms. The van der Waals surface area contributed by atoms with Gasteiger partial charge in [-0.05, 0) is 64.3 Å². The second-order valence-corrected chi connectivity index (χ2v) is 6.84. The van der Waals surface area contributed by atoms with E-state index in [1.807, 2.05) is 0 Å². The van der Waals surface area contributed by atoms with E-state index >= 15 is 0 Å². The van der Waals surface area contributed by atoms with Crippen molar-refractivity contribution in [2.24, 2.45) is 5.73 Å². The van der Waals surface area contributed by atoms with Crippen LogP contribution in [0.15, 0.2) is 18.2 Å². The lowest BCUT2D eigenvalue weighted by Gasteiger charge is -2.47. The van der Waals surface area contributed by atoms with E-state index in [4.69, 9.17) is 10.5 Å². The average molecular weight is 276 g/mol. The van der Waals surface area contributed by atoms with Crippen LogP contribution in [-0.2, 0) is 0 Å². The molecule has 0 bridgehead atoms. The van der Waals surface area contributed by atoms with Gasteiger partial charge in [0.2, 0.25) is 0 Å². The van der Waals surface area contributed by atoms with Crippen molar-refractivity contribution in [1.82, 2.24) is 4.90 Å². The van der Waals surface area contributed by atoms with Gasteiger partial charge in [0.05, 0.1) is 13.2 Å². The van der Waals surface area contributed by atoms with Crippen LogP contribution < -0.4 is 10.5 Å². The van der Waals surface area contributed by atoms with Crippen LogP contribution in [0.25, 0.3) is 0 Å². The molecule has 0 amide bonds. The third-order valence-electron chi connectivity index (χ3n) is 4.30. The predicted octanol–water partition coefficient (Wildman–Crippen LogP) is 3.27. The molecule has 2 rings (SSSR count). The Morgan fingerprint density at radius 3 is 2.55 bits per heavy atom. The van der Waals surface area contributed by atoms with E-state index in [1.54, 1.807) is 7.11 Å². The zero-order chi connectivity index (χ0) is 14.9. The molecule has 1 aromatic rings. The average Bonchev–Trinajstić information content (AvgIpc) is 2.37. The highest BCUT2D eigenvalue weighted by atomic mass is 16.5. The molecular formula is C17H28N2O. The van der Waals surface area contributed by atoms with Crippen LogP contribution in [0.4, 0.5) is 0 Å². The summed E-state index contributed by atoms with van der Waals surface area (Å²) in [6.45, 7) is 10.0. The molecule has 112 valence electrons. The van der Waals surface area contributed by atoms with Crippen molar-refractivity contribution < 1.29 is 4.74 Å². The van der Waals surface area contributed by atoms with Crippen molar-refractivity contribution in [2.75, 3.05) is 13.7 Å². The molecule has 1 aromatic carbocycles. The molecule has 0 saturated carbocycles. The van der Waals surface area contributed by atoms with Gasteiger partial charge >= 0.3 is 0 Å². The molecule has 2 N–H and O–H groups in total. The first-order chi connectivity index (χ1) is 9.34. The first-order valence-electron chi connectivity index (χ1n) is 7.51. The lowest BCUT2D eigenvalue weighted by atomic mass is 9.86. The Bertz CT molecular complexity index is 465. The maximum Gasteiger partial charge on any atom is 0.121 e. The quantitative estimate of drug-likeness (QED) is 0.901. The number of rotatable bonds is 2. The third-order valence-corrected chi connectivity index (χ3v) is 4.30. The molecule has 2 unspecified atom stereocenters. The molecule has 1 aliphatic heterocycles. The summed E-state index contributed by atoms with van der Waals surface area (Å²) in [6.07, 6.45) is 2.28. The highest BCUT2D eigenvalue weighted by Crippen LogP contribution is 2.36. The third kappa shape index (κ3) is 2.99. The SMILES string of the molecule is COc1ccc(C2C(N)CCCN2C(C)(C)C)cc1C. The normalized spacial score (nSPS) is 24.7. The van der Waals surface area contributed by atoms with Crippen LogP contribution >= 0.6 is 0 Å². The molecule has 1 saturated heterocycles. The molecule has 1 heterocycles. The van der Waals surface area contributed by atoms with Gasteiger partial charge in [0.15, 0.2) is 0 Å². The number of ether oxygens (including phenoxy) is 1. The summed E-state index contributed by atoms with van der Waals surface area (Å²) in [5.41, 5.74) is 9.07. The number of methoxy groups -OCH3 is 1. The number of nitrogens with zero attached hydrogens (tertiary/aromatic N) is 1. The number of hydrogen-bond donors (Lipinski definition) is 1. The maximum absolute atomic E-state index is 6.45. The Kier molecular flexibility index (Phi) is 4.40.